The molecule has 25 heavy (non-hydrogen) atoms. The van der Waals surface area contributed by atoms with E-state index in [0.29, 0.717) is 12.1 Å². The fourth-order valence-corrected chi connectivity index (χ4v) is 2.30. The first kappa shape index (κ1) is 18.2. The lowest BCUT2D eigenvalue weighted by Crippen LogP contribution is -2.44. The van der Waals surface area contributed by atoms with Crippen LogP contribution in [0.5, 0.6) is 0 Å². The van der Waals surface area contributed by atoms with Crippen LogP contribution in [0, 0.1) is 0 Å². The van der Waals surface area contributed by atoms with Crippen molar-refractivity contribution >= 4 is 23.4 Å². The minimum atomic E-state index is -0.722. The van der Waals surface area contributed by atoms with E-state index in [9.17, 15) is 14.4 Å². The number of amides is 3. The molecule has 0 aliphatic rings. The summed E-state index contributed by atoms with van der Waals surface area (Å²) in [6.07, 6.45) is 0.358. The minimum absolute atomic E-state index is 0.253. The zero-order valence-electron chi connectivity index (χ0n) is 13.7. The predicted octanol–water partition coefficient (Wildman–Crippen LogP) is 1.49. The summed E-state index contributed by atoms with van der Waals surface area (Å²) >= 11 is 0. The van der Waals surface area contributed by atoms with Gasteiger partial charge in [-0.25, -0.2) is 5.48 Å². The van der Waals surface area contributed by atoms with E-state index in [2.05, 4.69) is 10.6 Å². The number of anilines is 1. The summed E-state index contributed by atoms with van der Waals surface area (Å²) in [7, 11) is 0. The molecule has 2 rings (SSSR count). The van der Waals surface area contributed by atoms with E-state index in [-0.39, 0.29) is 17.4 Å². The Morgan fingerprint density at radius 3 is 2.20 bits per heavy atom. The zero-order valence-corrected chi connectivity index (χ0v) is 13.7. The number of rotatable bonds is 6. The van der Waals surface area contributed by atoms with Gasteiger partial charge in [-0.1, -0.05) is 30.3 Å². The van der Waals surface area contributed by atoms with Gasteiger partial charge in [-0.2, -0.15) is 0 Å². The summed E-state index contributed by atoms with van der Waals surface area (Å²) in [6, 6.07) is 14.6. The molecule has 0 spiro atoms. The Bertz CT molecular complexity index is 745. The molecule has 4 N–H and O–H groups in total. The van der Waals surface area contributed by atoms with Gasteiger partial charge in [-0.15, -0.1) is 0 Å². The molecule has 2 aromatic carbocycles. The molecular formula is C18H19N3O4. The Kier molecular flexibility index (Phi) is 6.25. The first-order valence-electron chi connectivity index (χ1n) is 7.66. The Morgan fingerprint density at radius 1 is 1.00 bits per heavy atom. The third-order valence-corrected chi connectivity index (χ3v) is 3.49. The Hall–Kier alpha value is -3.19. The number of nitrogens with one attached hydrogen (secondary N) is 3. The highest BCUT2D eigenvalue weighted by molar-refractivity contribution is 5.98. The lowest BCUT2D eigenvalue weighted by Gasteiger charge is -2.18. The topological polar surface area (TPSA) is 108 Å². The van der Waals surface area contributed by atoms with Crippen LogP contribution in [0.15, 0.2) is 54.6 Å². The summed E-state index contributed by atoms with van der Waals surface area (Å²) < 4.78 is 0. The predicted molar refractivity (Wildman–Crippen MR) is 92.1 cm³/mol. The average molecular weight is 341 g/mol. The average Bonchev–Trinajstić information content (AvgIpc) is 2.61. The lowest BCUT2D eigenvalue weighted by molar-refractivity contribution is -0.125. The van der Waals surface area contributed by atoms with Crippen LogP contribution >= 0.6 is 0 Å². The highest BCUT2D eigenvalue weighted by Gasteiger charge is 2.20. The molecule has 0 fully saturated rings. The van der Waals surface area contributed by atoms with Crippen molar-refractivity contribution in [3.63, 3.8) is 0 Å². The van der Waals surface area contributed by atoms with Crippen LogP contribution in [0.1, 0.15) is 22.8 Å². The standard InChI is InChI=1S/C18H19N3O4/c1-12(22)19-16(11-13-5-3-2-4-6-13)18(24)20-15-9-7-14(8-10-15)17(23)21-25/h2-10,16,25H,11H2,1H3,(H,19,22)(H,20,24)(H,21,23). The van der Waals surface area contributed by atoms with Crippen molar-refractivity contribution < 1.29 is 19.6 Å². The molecule has 130 valence electrons. The molecule has 0 radical (unpaired) electrons. The molecule has 7 heteroatoms. The molecular weight excluding hydrogens is 322 g/mol. The lowest BCUT2D eigenvalue weighted by atomic mass is 10.0. The van der Waals surface area contributed by atoms with Crippen LogP contribution in [-0.4, -0.2) is 29.0 Å². The minimum Gasteiger partial charge on any atom is -0.344 e. The van der Waals surface area contributed by atoms with E-state index in [4.69, 9.17) is 5.21 Å². The molecule has 0 aliphatic carbocycles. The third-order valence-electron chi connectivity index (χ3n) is 3.49. The number of benzene rings is 2. The van der Waals surface area contributed by atoms with Crippen LogP contribution in [0.4, 0.5) is 5.69 Å². The highest BCUT2D eigenvalue weighted by Crippen LogP contribution is 2.11. The van der Waals surface area contributed by atoms with Crippen LogP contribution in [-0.2, 0) is 16.0 Å². The van der Waals surface area contributed by atoms with E-state index in [1.54, 1.807) is 0 Å². The van der Waals surface area contributed by atoms with Crippen LogP contribution in [0.3, 0.4) is 0 Å². The fraction of sp³-hybridized carbons (Fsp3) is 0.167. The molecule has 7 nitrogen and oxygen atoms in total. The fourth-order valence-electron chi connectivity index (χ4n) is 2.30. The molecule has 3 amide bonds. The molecule has 0 aliphatic heterocycles. The molecule has 1 atom stereocenters. The Balaban J connectivity index is 2.08. The number of carbonyl (C=O) groups excluding carboxylic acids is 3. The summed E-state index contributed by atoms with van der Waals surface area (Å²) in [5.41, 5.74) is 3.19. The van der Waals surface area contributed by atoms with Gasteiger partial charge in [0.1, 0.15) is 6.04 Å². The zero-order chi connectivity index (χ0) is 18.2. The van der Waals surface area contributed by atoms with Crippen LogP contribution in [0.25, 0.3) is 0 Å². The van der Waals surface area contributed by atoms with E-state index < -0.39 is 11.9 Å². The van der Waals surface area contributed by atoms with E-state index in [1.807, 2.05) is 30.3 Å². The SMILES string of the molecule is CC(=O)NC(Cc1ccccc1)C(=O)Nc1ccc(C(=O)NO)cc1. The summed E-state index contributed by atoms with van der Waals surface area (Å²) in [5, 5.41) is 13.9. The number of carbonyl (C=O) groups is 3. The van der Waals surface area contributed by atoms with E-state index in [0.717, 1.165) is 5.56 Å². The van der Waals surface area contributed by atoms with Gasteiger partial charge >= 0.3 is 0 Å². The van der Waals surface area contributed by atoms with E-state index in [1.165, 1.54) is 36.7 Å². The van der Waals surface area contributed by atoms with Crippen molar-refractivity contribution in [2.45, 2.75) is 19.4 Å². The largest absolute Gasteiger partial charge is 0.344 e. The van der Waals surface area contributed by atoms with Crippen molar-refractivity contribution in [1.82, 2.24) is 10.8 Å². The van der Waals surface area contributed by atoms with Crippen molar-refractivity contribution in [2.75, 3.05) is 5.32 Å². The molecule has 2 aromatic rings. The molecule has 0 bridgehead atoms. The summed E-state index contributed by atoms with van der Waals surface area (Å²) in [4.78, 5) is 35.2. The molecule has 0 saturated heterocycles. The maximum atomic E-state index is 12.5. The van der Waals surface area contributed by atoms with Crippen LogP contribution < -0.4 is 16.1 Å². The quantitative estimate of drug-likeness (QED) is 0.472. The van der Waals surface area contributed by atoms with E-state index >= 15 is 0 Å². The first-order chi connectivity index (χ1) is 12.0. The first-order valence-corrected chi connectivity index (χ1v) is 7.66. The van der Waals surface area contributed by atoms with Crippen molar-refractivity contribution in [2.24, 2.45) is 0 Å². The van der Waals surface area contributed by atoms with Gasteiger partial charge in [0.25, 0.3) is 5.91 Å². The van der Waals surface area contributed by atoms with Gasteiger partial charge in [0.2, 0.25) is 11.8 Å². The number of hydrogen-bond acceptors (Lipinski definition) is 4. The van der Waals surface area contributed by atoms with Crippen molar-refractivity contribution in [3.8, 4) is 0 Å². The second-order valence-electron chi connectivity index (χ2n) is 5.45. The monoisotopic (exact) mass is 341 g/mol. The van der Waals surface area contributed by atoms with Crippen molar-refractivity contribution in [3.05, 3.63) is 65.7 Å². The number of hydrogen-bond donors (Lipinski definition) is 4. The maximum Gasteiger partial charge on any atom is 0.274 e. The Labute approximate surface area is 145 Å². The Morgan fingerprint density at radius 2 is 1.64 bits per heavy atom. The van der Waals surface area contributed by atoms with Gasteiger partial charge in [-0.05, 0) is 29.8 Å². The second-order valence-corrected chi connectivity index (χ2v) is 5.45. The highest BCUT2D eigenvalue weighted by atomic mass is 16.5. The van der Waals surface area contributed by atoms with Crippen molar-refractivity contribution in [1.29, 1.82) is 0 Å². The second kappa shape index (κ2) is 8.60. The summed E-state index contributed by atoms with van der Waals surface area (Å²) in [5.74, 6) is -1.30. The summed E-state index contributed by atoms with van der Waals surface area (Å²) in [6.45, 7) is 1.35. The van der Waals surface area contributed by atoms with Crippen LogP contribution in [0.2, 0.25) is 0 Å². The molecule has 1 unspecified atom stereocenters. The third kappa shape index (κ3) is 5.43. The normalized spacial score (nSPS) is 11.3. The van der Waals surface area contributed by atoms with Gasteiger partial charge in [0, 0.05) is 24.6 Å². The molecule has 0 saturated carbocycles. The van der Waals surface area contributed by atoms with Gasteiger partial charge in [0.15, 0.2) is 0 Å². The smallest absolute Gasteiger partial charge is 0.274 e. The molecule has 0 aromatic heterocycles. The number of hydroxylamine groups is 1. The van der Waals surface area contributed by atoms with Gasteiger partial charge in [-0.3, -0.25) is 19.6 Å². The maximum absolute atomic E-state index is 12.5. The van der Waals surface area contributed by atoms with Gasteiger partial charge in [0.05, 0.1) is 0 Å². The molecule has 0 heterocycles. The van der Waals surface area contributed by atoms with Gasteiger partial charge < -0.3 is 10.6 Å².